The average molecular weight is 228 g/mol. The predicted octanol–water partition coefficient (Wildman–Crippen LogP) is -0.167. The van der Waals surface area contributed by atoms with Gasteiger partial charge in [0.05, 0.1) is 31.1 Å². The van der Waals surface area contributed by atoms with Gasteiger partial charge < -0.3 is 14.8 Å². The number of aromatic nitrogens is 3. The average Bonchev–Trinajstić information content (AvgIpc) is 2.67. The molecule has 0 fully saturated rings. The van der Waals surface area contributed by atoms with E-state index in [1.54, 1.807) is 14.2 Å². The predicted molar refractivity (Wildman–Crippen MR) is 60.2 cm³/mol. The standard InChI is InChI=1S/C10H20N4O2/c1-11-8-9-10(4-6-15-2)14(13-12-9)5-7-16-3/h11H,4-8H2,1-3H3. The Hall–Kier alpha value is -0.980. The van der Waals surface area contributed by atoms with Crippen LogP contribution in [0, 0.1) is 0 Å². The molecule has 0 aliphatic rings. The van der Waals surface area contributed by atoms with E-state index in [2.05, 4.69) is 15.6 Å². The molecule has 0 atom stereocenters. The highest BCUT2D eigenvalue weighted by Gasteiger charge is 2.11. The van der Waals surface area contributed by atoms with Gasteiger partial charge in [0.25, 0.3) is 0 Å². The summed E-state index contributed by atoms with van der Waals surface area (Å²) in [5, 5.41) is 11.3. The van der Waals surface area contributed by atoms with Gasteiger partial charge >= 0.3 is 0 Å². The second-order valence-electron chi connectivity index (χ2n) is 3.47. The zero-order valence-corrected chi connectivity index (χ0v) is 10.2. The Balaban J connectivity index is 2.72. The normalized spacial score (nSPS) is 10.9. The zero-order valence-electron chi connectivity index (χ0n) is 10.2. The van der Waals surface area contributed by atoms with E-state index in [1.165, 1.54) is 0 Å². The van der Waals surface area contributed by atoms with E-state index in [0.717, 1.165) is 30.9 Å². The minimum atomic E-state index is 0.641. The van der Waals surface area contributed by atoms with Crippen LogP contribution in [0.3, 0.4) is 0 Å². The molecule has 16 heavy (non-hydrogen) atoms. The number of nitrogens with zero attached hydrogens (tertiary/aromatic N) is 3. The van der Waals surface area contributed by atoms with Gasteiger partial charge in [-0.1, -0.05) is 5.21 Å². The Morgan fingerprint density at radius 1 is 1.25 bits per heavy atom. The van der Waals surface area contributed by atoms with Gasteiger partial charge in [0, 0.05) is 27.2 Å². The van der Waals surface area contributed by atoms with E-state index < -0.39 is 0 Å². The Kier molecular flexibility index (Phi) is 5.99. The van der Waals surface area contributed by atoms with Gasteiger partial charge in [-0.2, -0.15) is 0 Å². The van der Waals surface area contributed by atoms with Crippen LogP contribution in [0.1, 0.15) is 11.4 Å². The van der Waals surface area contributed by atoms with Crippen LogP contribution < -0.4 is 5.32 Å². The molecule has 1 aromatic heterocycles. The van der Waals surface area contributed by atoms with Gasteiger partial charge in [-0.05, 0) is 7.05 Å². The molecular formula is C10H20N4O2. The molecule has 0 bridgehead atoms. The molecule has 6 heteroatoms. The number of nitrogens with one attached hydrogen (secondary N) is 1. The van der Waals surface area contributed by atoms with Crippen LogP contribution in [-0.4, -0.2) is 49.5 Å². The third-order valence-electron chi connectivity index (χ3n) is 2.31. The summed E-state index contributed by atoms with van der Waals surface area (Å²) in [5.41, 5.74) is 2.10. The molecular weight excluding hydrogens is 208 g/mol. The highest BCUT2D eigenvalue weighted by Crippen LogP contribution is 2.06. The minimum Gasteiger partial charge on any atom is -0.384 e. The Morgan fingerprint density at radius 2 is 2.00 bits per heavy atom. The summed E-state index contributed by atoms with van der Waals surface area (Å²) in [7, 11) is 5.27. The molecule has 1 heterocycles. The fourth-order valence-electron chi connectivity index (χ4n) is 1.50. The maximum atomic E-state index is 5.09. The molecule has 0 aliphatic carbocycles. The minimum absolute atomic E-state index is 0.641. The largest absolute Gasteiger partial charge is 0.384 e. The van der Waals surface area contributed by atoms with Gasteiger partial charge in [0.2, 0.25) is 0 Å². The number of hydrogen-bond donors (Lipinski definition) is 1. The van der Waals surface area contributed by atoms with Crippen molar-refractivity contribution in [1.82, 2.24) is 20.3 Å². The fraction of sp³-hybridized carbons (Fsp3) is 0.800. The first-order valence-electron chi connectivity index (χ1n) is 5.37. The lowest BCUT2D eigenvalue weighted by Crippen LogP contribution is -2.14. The summed E-state index contributed by atoms with van der Waals surface area (Å²) in [6, 6.07) is 0. The van der Waals surface area contributed by atoms with Crippen molar-refractivity contribution in [3.8, 4) is 0 Å². The van der Waals surface area contributed by atoms with Gasteiger partial charge in [0.1, 0.15) is 0 Å². The van der Waals surface area contributed by atoms with Crippen LogP contribution in [0.4, 0.5) is 0 Å². The maximum absolute atomic E-state index is 5.09. The smallest absolute Gasteiger partial charge is 0.0997 e. The van der Waals surface area contributed by atoms with Crippen molar-refractivity contribution in [2.24, 2.45) is 0 Å². The van der Waals surface area contributed by atoms with Crippen molar-refractivity contribution in [2.75, 3.05) is 34.5 Å². The Morgan fingerprint density at radius 3 is 2.62 bits per heavy atom. The third-order valence-corrected chi connectivity index (χ3v) is 2.31. The van der Waals surface area contributed by atoms with Crippen molar-refractivity contribution in [3.05, 3.63) is 11.4 Å². The maximum Gasteiger partial charge on any atom is 0.0997 e. The first-order valence-corrected chi connectivity index (χ1v) is 5.37. The zero-order chi connectivity index (χ0) is 11.8. The highest BCUT2D eigenvalue weighted by atomic mass is 16.5. The molecule has 1 aromatic rings. The first-order chi connectivity index (χ1) is 7.83. The van der Waals surface area contributed by atoms with Gasteiger partial charge in [-0.15, -0.1) is 5.10 Å². The van der Waals surface area contributed by atoms with E-state index in [0.29, 0.717) is 13.2 Å². The lowest BCUT2D eigenvalue weighted by atomic mass is 10.2. The van der Waals surface area contributed by atoms with Crippen LogP contribution in [-0.2, 0) is 29.0 Å². The molecule has 0 radical (unpaired) electrons. The molecule has 1 rings (SSSR count). The Bertz CT molecular complexity index is 301. The summed E-state index contributed by atoms with van der Waals surface area (Å²) in [4.78, 5) is 0. The SMILES string of the molecule is CNCc1nnn(CCOC)c1CCOC. The molecule has 0 aromatic carbocycles. The molecule has 0 amide bonds. The lowest BCUT2D eigenvalue weighted by molar-refractivity contribution is 0.178. The van der Waals surface area contributed by atoms with Gasteiger partial charge in [0.15, 0.2) is 0 Å². The molecule has 92 valence electrons. The van der Waals surface area contributed by atoms with Crippen molar-refractivity contribution in [1.29, 1.82) is 0 Å². The summed E-state index contributed by atoms with van der Waals surface area (Å²) in [6.45, 7) is 2.78. The van der Waals surface area contributed by atoms with Crippen LogP contribution in [0.15, 0.2) is 0 Å². The number of hydrogen-bond acceptors (Lipinski definition) is 5. The summed E-state index contributed by atoms with van der Waals surface area (Å²) in [5.74, 6) is 0. The van der Waals surface area contributed by atoms with E-state index in [4.69, 9.17) is 9.47 Å². The fourth-order valence-corrected chi connectivity index (χ4v) is 1.50. The molecule has 0 aliphatic heterocycles. The van der Waals surface area contributed by atoms with Gasteiger partial charge in [-0.3, -0.25) is 0 Å². The van der Waals surface area contributed by atoms with E-state index >= 15 is 0 Å². The summed E-state index contributed by atoms with van der Waals surface area (Å²) in [6.07, 6.45) is 0.824. The van der Waals surface area contributed by atoms with Crippen LogP contribution >= 0.6 is 0 Å². The second-order valence-corrected chi connectivity index (χ2v) is 3.47. The summed E-state index contributed by atoms with van der Waals surface area (Å²) >= 11 is 0. The topological polar surface area (TPSA) is 61.2 Å². The van der Waals surface area contributed by atoms with E-state index in [9.17, 15) is 0 Å². The van der Waals surface area contributed by atoms with Gasteiger partial charge in [-0.25, -0.2) is 4.68 Å². The molecule has 0 saturated heterocycles. The number of ether oxygens (including phenoxy) is 2. The first kappa shape index (κ1) is 13.1. The van der Waals surface area contributed by atoms with Crippen molar-refractivity contribution < 1.29 is 9.47 Å². The van der Waals surface area contributed by atoms with Crippen molar-refractivity contribution in [2.45, 2.75) is 19.5 Å². The van der Waals surface area contributed by atoms with Crippen LogP contribution in [0.2, 0.25) is 0 Å². The van der Waals surface area contributed by atoms with E-state index in [1.807, 2.05) is 11.7 Å². The van der Waals surface area contributed by atoms with Crippen LogP contribution in [0.25, 0.3) is 0 Å². The van der Waals surface area contributed by atoms with Crippen molar-refractivity contribution in [3.63, 3.8) is 0 Å². The molecule has 0 saturated carbocycles. The third kappa shape index (κ3) is 3.55. The highest BCUT2D eigenvalue weighted by molar-refractivity contribution is 5.10. The second kappa shape index (κ2) is 7.32. The monoisotopic (exact) mass is 228 g/mol. The number of methoxy groups -OCH3 is 2. The van der Waals surface area contributed by atoms with E-state index in [-0.39, 0.29) is 0 Å². The van der Waals surface area contributed by atoms with Crippen molar-refractivity contribution >= 4 is 0 Å². The Labute approximate surface area is 95.9 Å². The number of rotatable bonds is 8. The lowest BCUT2D eigenvalue weighted by Gasteiger charge is -2.07. The molecule has 1 N–H and O–H groups in total. The quantitative estimate of drug-likeness (QED) is 0.669. The molecule has 0 spiro atoms. The van der Waals surface area contributed by atoms with Crippen LogP contribution in [0.5, 0.6) is 0 Å². The molecule has 6 nitrogen and oxygen atoms in total. The molecule has 0 unspecified atom stereocenters. The summed E-state index contributed by atoms with van der Waals surface area (Å²) < 4.78 is 12.0.